The molecule has 1 N–H and O–H groups in total. The third-order valence-electron chi connectivity index (χ3n) is 3.45. The van der Waals surface area contributed by atoms with Gasteiger partial charge in [0.05, 0.1) is 5.54 Å². The molecular formula is C13H26N2S. The highest BCUT2D eigenvalue weighted by atomic mass is 32.2. The molecule has 0 bridgehead atoms. The zero-order valence-corrected chi connectivity index (χ0v) is 12.2. The third kappa shape index (κ3) is 3.41. The van der Waals surface area contributed by atoms with Crippen molar-refractivity contribution in [3.05, 3.63) is 0 Å². The second-order valence-electron chi connectivity index (χ2n) is 5.40. The second kappa shape index (κ2) is 5.44. The number of nitrogens with zero attached hydrogens (tertiary/aromatic N) is 1. The Bertz CT molecular complexity index is 255. The van der Waals surface area contributed by atoms with Crippen molar-refractivity contribution in [1.82, 2.24) is 5.32 Å². The number of aliphatic imine (C=N–C) groups is 1. The first-order valence-corrected chi connectivity index (χ1v) is 7.46. The molecule has 0 unspecified atom stereocenters. The summed E-state index contributed by atoms with van der Waals surface area (Å²) < 4.78 is 0. The summed E-state index contributed by atoms with van der Waals surface area (Å²) >= 11 is 1.89. The Morgan fingerprint density at radius 3 is 2.38 bits per heavy atom. The molecule has 0 atom stereocenters. The van der Waals surface area contributed by atoms with Crippen LogP contribution in [0.1, 0.15) is 60.3 Å². The monoisotopic (exact) mass is 242 g/mol. The normalized spacial score (nSPS) is 19.7. The van der Waals surface area contributed by atoms with Gasteiger partial charge in [-0.1, -0.05) is 39.0 Å². The molecule has 94 valence electrons. The lowest BCUT2D eigenvalue weighted by Gasteiger charge is -2.26. The molecule has 0 saturated carbocycles. The maximum Gasteiger partial charge on any atom is 0.157 e. The van der Waals surface area contributed by atoms with Crippen molar-refractivity contribution in [2.24, 2.45) is 4.99 Å². The zero-order valence-electron chi connectivity index (χ0n) is 11.4. The molecule has 1 aliphatic heterocycles. The van der Waals surface area contributed by atoms with E-state index >= 15 is 0 Å². The quantitative estimate of drug-likeness (QED) is 0.792. The molecule has 16 heavy (non-hydrogen) atoms. The SMILES string of the molecule is CCCC(C)(C)NC1=NC(CC)(CC)CS1. The van der Waals surface area contributed by atoms with Gasteiger partial charge in [-0.3, -0.25) is 4.99 Å². The number of hydrogen-bond acceptors (Lipinski definition) is 3. The Morgan fingerprint density at radius 1 is 1.31 bits per heavy atom. The summed E-state index contributed by atoms with van der Waals surface area (Å²) in [5.41, 5.74) is 0.382. The molecule has 1 rings (SSSR count). The van der Waals surface area contributed by atoms with Crippen LogP contribution in [0.4, 0.5) is 0 Å². The molecule has 0 spiro atoms. The lowest BCUT2D eigenvalue weighted by Crippen LogP contribution is -2.41. The largest absolute Gasteiger partial charge is 0.360 e. The smallest absolute Gasteiger partial charge is 0.157 e. The predicted molar refractivity (Wildman–Crippen MR) is 75.3 cm³/mol. The van der Waals surface area contributed by atoms with E-state index in [4.69, 9.17) is 4.99 Å². The molecule has 1 aliphatic rings. The van der Waals surface area contributed by atoms with E-state index in [1.54, 1.807) is 0 Å². The Labute approximate surface area is 105 Å². The van der Waals surface area contributed by atoms with Gasteiger partial charge in [0.2, 0.25) is 0 Å². The lowest BCUT2D eigenvalue weighted by atomic mass is 9.96. The van der Waals surface area contributed by atoms with Crippen molar-refractivity contribution in [2.45, 2.75) is 71.4 Å². The summed E-state index contributed by atoms with van der Waals surface area (Å²) in [5, 5.41) is 4.75. The molecule has 0 fully saturated rings. The van der Waals surface area contributed by atoms with E-state index in [2.05, 4.69) is 39.9 Å². The average Bonchev–Trinajstić information content (AvgIpc) is 2.61. The van der Waals surface area contributed by atoms with Gasteiger partial charge in [-0.25, -0.2) is 0 Å². The van der Waals surface area contributed by atoms with Crippen molar-refractivity contribution < 1.29 is 0 Å². The molecule has 0 radical (unpaired) electrons. The van der Waals surface area contributed by atoms with E-state index in [1.807, 2.05) is 11.8 Å². The van der Waals surface area contributed by atoms with Gasteiger partial charge in [-0.15, -0.1) is 0 Å². The van der Waals surface area contributed by atoms with Gasteiger partial charge in [-0.05, 0) is 33.1 Å². The molecule has 0 aromatic heterocycles. The Morgan fingerprint density at radius 2 is 1.94 bits per heavy atom. The summed E-state index contributed by atoms with van der Waals surface area (Å²) in [6, 6.07) is 0. The fourth-order valence-electron chi connectivity index (χ4n) is 2.14. The van der Waals surface area contributed by atoms with Crippen LogP contribution >= 0.6 is 11.8 Å². The minimum absolute atomic E-state index is 0.179. The van der Waals surface area contributed by atoms with Gasteiger partial charge in [0.1, 0.15) is 0 Å². The predicted octanol–water partition coefficient (Wildman–Crippen LogP) is 3.82. The van der Waals surface area contributed by atoms with E-state index < -0.39 is 0 Å². The molecule has 2 nitrogen and oxygen atoms in total. The summed E-state index contributed by atoms with van der Waals surface area (Å²) in [7, 11) is 0. The van der Waals surface area contributed by atoms with Crippen LogP contribution in [0.2, 0.25) is 0 Å². The van der Waals surface area contributed by atoms with Gasteiger partial charge >= 0.3 is 0 Å². The standard InChI is InChI=1S/C13H26N2S/c1-6-9-12(4,5)14-11-15-13(7-2,8-3)10-16-11/h6-10H2,1-5H3,(H,14,15). The van der Waals surface area contributed by atoms with Crippen molar-refractivity contribution in [3.8, 4) is 0 Å². The first kappa shape index (κ1) is 13.9. The minimum Gasteiger partial charge on any atom is -0.360 e. The molecule has 0 aliphatic carbocycles. The first-order chi connectivity index (χ1) is 7.47. The van der Waals surface area contributed by atoms with Crippen LogP contribution in [-0.2, 0) is 0 Å². The second-order valence-corrected chi connectivity index (χ2v) is 6.36. The summed E-state index contributed by atoms with van der Waals surface area (Å²) in [4.78, 5) is 4.89. The van der Waals surface area contributed by atoms with Crippen LogP contribution in [0, 0.1) is 0 Å². The minimum atomic E-state index is 0.179. The Balaban J connectivity index is 2.63. The van der Waals surface area contributed by atoms with Crippen molar-refractivity contribution >= 4 is 16.9 Å². The molecule has 0 amide bonds. The van der Waals surface area contributed by atoms with Crippen LogP contribution in [0.3, 0.4) is 0 Å². The maximum absolute atomic E-state index is 4.89. The van der Waals surface area contributed by atoms with E-state index in [9.17, 15) is 0 Å². The van der Waals surface area contributed by atoms with Gasteiger partial charge in [0.15, 0.2) is 5.17 Å². The van der Waals surface area contributed by atoms with Crippen molar-refractivity contribution in [2.75, 3.05) is 5.75 Å². The van der Waals surface area contributed by atoms with E-state index in [0.717, 1.165) is 23.8 Å². The summed E-state index contributed by atoms with van der Waals surface area (Å²) in [5.74, 6) is 1.14. The van der Waals surface area contributed by atoms with Gasteiger partial charge in [-0.2, -0.15) is 0 Å². The molecule has 1 heterocycles. The number of thioether (sulfide) groups is 1. The molecule has 0 aromatic carbocycles. The fourth-order valence-corrected chi connectivity index (χ4v) is 3.62. The third-order valence-corrected chi connectivity index (χ3v) is 4.60. The van der Waals surface area contributed by atoms with Crippen LogP contribution in [0.25, 0.3) is 0 Å². The zero-order chi connectivity index (χ0) is 12.2. The van der Waals surface area contributed by atoms with Gasteiger partial charge in [0.25, 0.3) is 0 Å². The molecule has 0 saturated heterocycles. The average molecular weight is 242 g/mol. The van der Waals surface area contributed by atoms with Crippen LogP contribution in [0.5, 0.6) is 0 Å². The van der Waals surface area contributed by atoms with Crippen LogP contribution in [0.15, 0.2) is 4.99 Å². The number of amidine groups is 1. The highest BCUT2D eigenvalue weighted by molar-refractivity contribution is 8.14. The van der Waals surface area contributed by atoms with Crippen molar-refractivity contribution in [1.29, 1.82) is 0 Å². The van der Waals surface area contributed by atoms with Gasteiger partial charge < -0.3 is 5.32 Å². The number of rotatable bonds is 5. The maximum atomic E-state index is 4.89. The highest BCUT2D eigenvalue weighted by Gasteiger charge is 2.33. The Hall–Kier alpha value is -0.180. The van der Waals surface area contributed by atoms with E-state index in [-0.39, 0.29) is 11.1 Å². The van der Waals surface area contributed by atoms with E-state index in [0.29, 0.717) is 0 Å². The lowest BCUT2D eigenvalue weighted by molar-refractivity contribution is 0.416. The topological polar surface area (TPSA) is 24.4 Å². The van der Waals surface area contributed by atoms with Crippen LogP contribution in [-0.4, -0.2) is 22.0 Å². The number of hydrogen-bond donors (Lipinski definition) is 1. The van der Waals surface area contributed by atoms with Crippen molar-refractivity contribution in [3.63, 3.8) is 0 Å². The molecule has 3 heteroatoms. The summed E-state index contributed by atoms with van der Waals surface area (Å²) in [6.07, 6.45) is 4.70. The molecule has 0 aromatic rings. The fraction of sp³-hybridized carbons (Fsp3) is 0.923. The van der Waals surface area contributed by atoms with Gasteiger partial charge in [0, 0.05) is 11.3 Å². The van der Waals surface area contributed by atoms with Crippen LogP contribution < -0.4 is 5.32 Å². The molecular weight excluding hydrogens is 216 g/mol. The number of nitrogens with one attached hydrogen (secondary N) is 1. The first-order valence-electron chi connectivity index (χ1n) is 6.48. The highest BCUT2D eigenvalue weighted by Crippen LogP contribution is 2.33. The van der Waals surface area contributed by atoms with E-state index in [1.165, 1.54) is 12.8 Å². The summed E-state index contributed by atoms with van der Waals surface area (Å²) in [6.45, 7) is 11.2. The Kier molecular flexibility index (Phi) is 4.72.